The maximum absolute atomic E-state index is 6.44. The predicted molar refractivity (Wildman–Crippen MR) is 74.1 cm³/mol. The minimum Gasteiger partial charge on any atom is -0.366 e. The maximum atomic E-state index is 6.44. The Labute approximate surface area is 123 Å². The van der Waals surface area contributed by atoms with Gasteiger partial charge in [-0.15, -0.1) is 0 Å². The van der Waals surface area contributed by atoms with Crippen molar-refractivity contribution in [1.29, 1.82) is 0 Å². The van der Waals surface area contributed by atoms with E-state index in [-0.39, 0.29) is 11.2 Å². The molecule has 2 saturated carbocycles. The van der Waals surface area contributed by atoms with E-state index in [9.17, 15) is 0 Å². The van der Waals surface area contributed by atoms with Gasteiger partial charge in [-0.25, -0.2) is 0 Å². The number of hydrogen-bond donors (Lipinski definition) is 0. The van der Waals surface area contributed by atoms with E-state index in [0.29, 0.717) is 48.1 Å². The van der Waals surface area contributed by atoms with E-state index in [0.717, 1.165) is 0 Å². The van der Waals surface area contributed by atoms with Crippen molar-refractivity contribution in [3.05, 3.63) is 35.4 Å². The highest BCUT2D eigenvalue weighted by Crippen LogP contribution is 2.81. The van der Waals surface area contributed by atoms with Gasteiger partial charge in [-0.3, -0.25) is 0 Å². The molecule has 7 rings (SSSR count). The first-order chi connectivity index (χ1) is 10.2. The third kappa shape index (κ3) is 0.893. The zero-order valence-electron chi connectivity index (χ0n) is 12.2. The van der Waals surface area contributed by atoms with Gasteiger partial charge in [0.1, 0.15) is 17.8 Å². The van der Waals surface area contributed by atoms with Crippen molar-refractivity contribution in [1.82, 2.24) is 0 Å². The molecular weight excluding hydrogens is 264 g/mol. The van der Waals surface area contributed by atoms with Gasteiger partial charge < -0.3 is 14.2 Å². The van der Waals surface area contributed by atoms with Gasteiger partial charge in [0.15, 0.2) is 0 Å². The van der Waals surface area contributed by atoms with Crippen LogP contribution in [0.5, 0.6) is 0 Å². The minimum absolute atomic E-state index is 0.00648. The molecule has 2 bridgehead atoms. The molecule has 1 aromatic carbocycles. The van der Waals surface area contributed by atoms with Crippen LogP contribution < -0.4 is 0 Å². The second-order valence-electron chi connectivity index (χ2n) is 8.28. The number of epoxide rings is 3. The number of rotatable bonds is 0. The molecule has 0 radical (unpaired) electrons. The Morgan fingerprint density at radius 2 is 1.29 bits per heavy atom. The van der Waals surface area contributed by atoms with Gasteiger partial charge in [0, 0.05) is 23.7 Å². The van der Waals surface area contributed by atoms with Crippen molar-refractivity contribution >= 4 is 0 Å². The van der Waals surface area contributed by atoms with Crippen molar-refractivity contribution in [2.75, 3.05) is 0 Å². The third-order valence-corrected chi connectivity index (χ3v) is 7.33. The molecule has 3 heterocycles. The summed E-state index contributed by atoms with van der Waals surface area (Å²) in [5, 5.41) is 0. The molecule has 0 amide bonds. The van der Waals surface area contributed by atoms with Gasteiger partial charge in [0.25, 0.3) is 0 Å². The molecule has 108 valence electrons. The zero-order valence-corrected chi connectivity index (χ0v) is 12.2. The Bertz CT molecular complexity index is 661. The quantitative estimate of drug-likeness (QED) is 0.685. The standard InChI is InChI=1S/C18H18O3/c1-17(2)18(21-17)11-7-5-3-4-6-8(7)12(18)10-9(11)13-15(19-13)16-14(10)20-16/h3-6,9-16H,1-2H3/t9-,10+,11-,12+,13+,14-,15+,16-,18?. The fourth-order valence-electron chi connectivity index (χ4n) is 6.67. The van der Waals surface area contributed by atoms with Crippen LogP contribution in [0, 0.1) is 11.8 Å². The first kappa shape index (κ1) is 10.8. The molecule has 6 aliphatic rings. The maximum Gasteiger partial charge on any atom is 0.113 e. The monoisotopic (exact) mass is 282 g/mol. The van der Waals surface area contributed by atoms with Crippen molar-refractivity contribution < 1.29 is 14.2 Å². The number of ether oxygens (including phenoxy) is 3. The summed E-state index contributed by atoms with van der Waals surface area (Å²) in [7, 11) is 0. The van der Waals surface area contributed by atoms with Crippen LogP contribution in [-0.2, 0) is 14.2 Å². The molecule has 21 heavy (non-hydrogen) atoms. The van der Waals surface area contributed by atoms with Crippen LogP contribution in [0.3, 0.4) is 0 Å². The third-order valence-electron chi connectivity index (χ3n) is 7.33. The Morgan fingerprint density at radius 1 is 0.810 bits per heavy atom. The summed E-state index contributed by atoms with van der Waals surface area (Å²) in [6, 6.07) is 9.02. The SMILES string of the molecule is CC1(C)OC12[C@@H]1c3ccccc3[C@H]2[C@H]2[C@H]3O[C@H]3[C@H]3O[C@H]3[C@H]21. The van der Waals surface area contributed by atoms with Gasteiger partial charge in [0.2, 0.25) is 0 Å². The molecule has 3 saturated heterocycles. The molecule has 1 spiro atoms. The van der Waals surface area contributed by atoms with Crippen LogP contribution in [0.1, 0.15) is 36.8 Å². The molecule has 9 atom stereocenters. The molecule has 1 unspecified atom stereocenters. The lowest BCUT2D eigenvalue weighted by molar-refractivity contribution is 0.195. The molecule has 3 aliphatic carbocycles. The second kappa shape index (κ2) is 2.70. The molecule has 1 aromatic rings. The fraction of sp³-hybridized carbons (Fsp3) is 0.667. The van der Waals surface area contributed by atoms with Crippen molar-refractivity contribution in [2.45, 2.75) is 61.3 Å². The Kier molecular flexibility index (Phi) is 1.39. The van der Waals surface area contributed by atoms with Crippen LogP contribution in [0.25, 0.3) is 0 Å². The predicted octanol–water partition coefficient (Wildman–Crippen LogP) is 2.21. The highest BCUT2D eigenvalue weighted by molar-refractivity contribution is 5.56. The van der Waals surface area contributed by atoms with Crippen LogP contribution in [0.4, 0.5) is 0 Å². The molecule has 3 aliphatic heterocycles. The Hall–Kier alpha value is -0.900. The van der Waals surface area contributed by atoms with E-state index in [1.807, 2.05) is 0 Å². The zero-order chi connectivity index (χ0) is 13.7. The number of benzene rings is 1. The normalized spacial score (nSPS) is 61.8. The molecule has 0 N–H and O–H groups in total. The summed E-state index contributed by atoms with van der Waals surface area (Å²) in [5.41, 5.74) is 3.07. The second-order valence-corrected chi connectivity index (χ2v) is 8.28. The lowest BCUT2D eigenvalue weighted by Gasteiger charge is -2.31. The highest BCUT2D eigenvalue weighted by atomic mass is 16.7. The lowest BCUT2D eigenvalue weighted by Crippen LogP contribution is -2.36. The van der Waals surface area contributed by atoms with Crippen molar-refractivity contribution in [3.63, 3.8) is 0 Å². The summed E-state index contributed by atoms with van der Waals surface area (Å²) in [6.07, 6.45) is 1.64. The highest BCUT2D eigenvalue weighted by Gasteiger charge is 2.87. The fourth-order valence-corrected chi connectivity index (χ4v) is 6.67. The van der Waals surface area contributed by atoms with E-state index >= 15 is 0 Å². The van der Waals surface area contributed by atoms with Gasteiger partial charge in [0.05, 0.1) is 17.8 Å². The number of fused-ring (bicyclic) bond motifs is 11. The van der Waals surface area contributed by atoms with Crippen LogP contribution in [-0.4, -0.2) is 35.6 Å². The Balaban J connectivity index is 1.51. The summed E-state index contributed by atoms with van der Waals surface area (Å²) in [5.74, 6) is 2.25. The van der Waals surface area contributed by atoms with Gasteiger partial charge in [-0.1, -0.05) is 24.3 Å². The van der Waals surface area contributed by atoms with Crippen LogP contribution in [0.15, 0.2) is 24.3 Å². The smallest absolute Gasteiger partial charge is 0.113 e. The first-order valence-electron chi connectivity index (χ1n) is 8.25. The molecule has 3 heteroatoms. The van der Waals surface area contributed by atoms with E-state index in [4.69, 9.17) is 14.2 Å². The summed E-state index contributed by atoms with van der Waals surface area (Å²) in [4.78, 5) is 0. The minimum atomic E-state index is -0.00648. The Morgan fingerprint density at radius 3 is 1.71 bits per heavy atom. The molecule has 0 aromatic heterocycles. The average molecular weight is 282 g/mol. The molecule has 3 nitrogen and oxygen atoms in total. The topological polar surface area (TPSA) is 37.6 Å². The van der Waals surface area contributed by atoms with Gasteiger partial charge in [-0.2, -0.15) is 0 Å². The summed E-state index contributed by atoms with van der Waals surface area (Å²) >= 11 is 0. The van der Waals surface area contributed by atoms with Crippen LogP contribution in [0.2, 0.25) is 0 Å². The molecular formula is C18H18O3. The van der Waals surface area contributed by atoms with Gasteiger partial charge in [-0.05, 0) is 25.0 Å². The van der Waals surface area contributed by atoms with Crippen LogP contribution >= 0.6 is 0 Å². The van der Waals surface area contributed by atoms with E-state index in [1.165, 1.54) is 11.1 Å². The first-order valence-corrected chi connectivity index (χ1v) is 8.25. The van der Waals surface area contributed by atoms with Crippen molar-refractivity contribution in [3.8, 4) is 0 Å². The lowest BCUT2D eigenvalue weighted by atomic mass is 9.69. The van der Waals surface area contributed by atoms with Crippen molar-refractivity contribution in [2.24, 2.45) is 11.8 Å². The molecule has 5 fully saturated rings. The van der Waals surface area contributed by atoms with E-state index < -0.39 is 0 Å². The average Bonchev–Trinajstić information content (AvgIpc) is 3.34. The number of hydrogen-bond acceptors (Lipinski definition) is 3. The van der Waals surface area contributed by atoms with Gasteiger partial charge >= 0.3 is 0 Å². The largest absolute Gasteiger partial charge is 0.366 e. The van der Waals surface area contributed by atoms with E-state index in [2.05, 4.69) is 38.1 Å². The summed E-state index contributed by atoms with van der Waals surface area (Å²) < 4.78 is 18.5. The van der Waals surface area contributed by atoms with E-state index in [1.54, 1.807) is 0 Å². The summed E-state index contributed by atoms with van der Waals surface area (Å²) in [6.45, 7) is 4.54.